The number of carbonyl (C=O) groups is 1. The molecule has 6 nitrogen and oxygen atoms in total. The largest absolute Gasteiger partial charge is 0.322 e. The van der Waals surface area contributed by atoms with Gasteiger partial charge in [0.05, 0.1) is 17.8 Å². The number of hydrogen-bond donors (Lipinski definition) is 1. The SMILES string of the molecule is Cc1cc(C)n2ncc(C(=O)Nc3ccc(-c4cccc(C#N)c4)cc3)c2n1. The van der Waals surface area contributed by atoms with E-state index in [-0.39, 0.29) is 5.91 Å². The topological polar surface area (TPSA) is 83.1 Å². The van der Waals surface area contributed by atoms with E-state index < -0.39 is 0 Å². The Labute approximate surface area is 162 Å². The molecule has 136 valence electrons. The van der Waals surface area contributed by atoms with E-state index in [0.29, 0.717) is 22.5 Å². The zero-order valence-electron chi connectivity index (χ0n) is 15.5. The van der Waals surface area contributed by atoms with Crippen LogP contribution in [0.5, 0.6) is 0 Å². The summed E-state index contributed by atoms with van der Waals surface area (Å²) in [6.45, 7) is 3.82. The van der Waals surface area contributed by atoms with Gasteiger partial charge in [0.2, 0.25) is 0 Å². The Morgan fingerprint density at radius 1 is 1.07 bits per heavy atom. The van der Waals surface area contributed by atoms with Crippen LogP contribution in [0.4, 0.5) is 5.69 Å². The zero-order valence-corrected chi connectivity index (χ0v) is 15.5. The maximum absolute atomic E-state index is 12.7. The van der Waals surface area contributed by atoms with Crippen molar-refractivity contribution in [1.82, 2.24) is 14.6 Å². The Morgan fingerprint density at radius 3 is 2.61 bits per heavy atom. The Kier molecular flexibility index (Phi) is 4.34. The van der Waals surface area contributed by atoms with Crippen molar-refractivity contribution >= 4 is 17.2 Å². The molecule has 0 aliphatic rings. The number of nitrogens with zero attached hydrogens (tertiary/aromatic N) is 4. The van der Waals surface area contributed by atoms with Gasteiger partial charge in [0.15, 0.2) is 5.65 Å². The monoisotopic (exact) mass is 367 g/mol. The van der Waals surface area contributed by atoms with Gasteiger partial charge in [-0.3, -0.25) is 4.79 Å². The third-order valence-corrected chi connectivity index (χ3v) is 4.49. The van der Waals surface area contributed by atoms with Crippen molar-refractivity contribution in [3.8, 4) is 17.2 Å². The summed E-state index contributed by atoms with van der Waals surface area (Å²) >= 11 is 0. The van der Waals surface area contributed by atoms with E-state index in [4.69, 9.17) is 5.26 Å². The third kappa shape index (κ3) is 3.21. The van der Waals surface area contributed by atoms with Gasteiger partial charge in [-0.2, -0.15) is 10.4 Å². The molecular weight excluding hydrogens is 350 g/mol. The molecule has 28 heavy (non-hydrogen) atoms. The van der Waals surface area contributed by atoms with Gasteiger partial charge in [0.25, 0.3) is 5.91 Å². The summed E-state index contributed by atoms with van der Waals surface area (Å²) in [7, 11) is 0. The molecule has 2 aromatic carbocycles. The highest BCUT2D eigenvalue weighted by Gasteiger charge is 2.15. The normalized spacial score (nSPS) is 10.6. The van der Waals surface area contributed by atoms with Gasteiger partial charge in [0.1, 0.15) is 5.56 Å². The average Bonchev–Trinajstić information content (AvgIpc) is 3.13. The first-order chi connectivity index (χ1) is 13.5. The molecule has 0 unspecified atom stereocenters. The fraction of sp³-hybridized carbons (Fsp3) is 0.0909. The molecule has 1 N–H and O–H groups in total. The number of aryl methyl sites for hydroxylation is 2. The standard InChI is InChI=1S/C22H17N5O/c1-14-10-15(2)27-21(25-14)20(13-24-27)22(28)26-19-8-6-17(7-9-19)18-5-3-4-16(11-18)12-23/h3-11,13H,1-2H3,(H,26,28). The van der Waals surface area contributed by atoms with Gasteiger partial charge < -0.3 is 5.32 Å². The van der Waals surface area contributed by atoms with Crippen molar-refractivity contribution in [1.29, 1.82) is 5.26 Å². The molecule has 4 rings (SSSR count). The quantitative estimate of drug-likeness (QED) is 0.590. The molecule has 2 heterocycles. The second-order valence-corrected chi connectivity index (χ2v) is 6.56. The minimum atomic E-state index is -0.258. The van der Waals surface area contributed by atoms with Crippen LogP contribution < -0.4 is 5.32 Å². The molecule has 2 aromatic heterocycles. The van der Waals surface area contributed by atoms with E-state index in [9.17, 15) is 4.79 Å². The predicted octanol–water partition coefficient (Wildman–Crippen LogP) is 4.14. The predicted molar refractivity (Wildman–Crippen MR) is 107 cm³/mol. The van der Waals surface area contributed by atoms with Crippen LogP contribution in [0.1, 0.15) is 27.3 Å². The Bertz CT molecular complexity index is 1230. The van der Waals surface area contributed by atoms with Crippen LogP contribution in [0.25, 0.3) is 16.8 Å². The fourth-order valence-electron chi connectivity index (χ4n) is 3.14. The lowest BCUT2D eigenvalue weighted by atomic mass is 10.0. The Balaban J connectivity index is 1.58. The van der Waals surface area contributed by atoms with E-state index in [2.05, 4.69) is 21.5 Å². The summed E-state index contributed by atoms with van der Waals surface area (Å²) in [5, 5.41) is 16.2. The molecule has 0 atom stereocenters. The van der Waals surface area contributed by atoms with Gasteiger partial charge in [-0.25, -0.2) is 9.50 Å². The summed E-state index contributed by atoms with van der Waals surface area (Å²) in [5.41, 5.74) is 5.94. The van der Waals surface area contributed by atoms with Gasteiger partial charge in [-0.05, 0) is 55.3 Å². The summed E-state index contributed by atoms with van der Waals surface area (Å²) < 4.78 is 1.66. The number of nitriles is 1. The van der Waals surface area contributed by atoms with Crippen molar-refractivity contribution in [2.75, 3.05) is 5.32 Å². The number of nitrogens with one attached hydrogen (secondary N) is 1. The first-order valence-electron chi connectivity index (χ1n) is 8.79. The maximum Gasteiger partial charge on any atom is 0.261 e. The van der Waals surface area contributed by atoms with E-state index in [1.165, 1.54) is 6.20 Å². The second-order valence-electron chi connectivity index (χ2n) is 6.56. The van der Waals surface area contributed by atoms with Crippen LogP contribution in [-0.4, -0.2) is 20.5 Å². The number of aromatic nitrogens is 3. The molecule has 0 aliphatic heterocycles. The highest BCUT2D eigenvalue weighted by molar-refractivity contribution is 6.08. The lowest BCUT2D eigenvalue weighted by molar-refractivity contribution is 0.102. The van der Waals surface area contributed by atoms with Crippen LogP contribution >= 0.6 is 0 Å². The first kappa shape index (κ1) is 17.4. The van der Waals surface area contributed by atoms with Gasteiger partial charge >= 0.3 is 0 Å². The third-order valence-electron chi connectivity index (χ3n) is 4.49. The van der Waals surface area contributed by atoms with Crippen molar-refractivity contribution in [2.24, 2.45) is 0 Å². The molecule has 0 radical (unpaired) electrons. The molecule has 0 aliphatic carbocycles. The number of anilines is 1. The lowest BCUT2D eigenvalue weighted by Crippen LogP contribution is -2.12. The van der Waals surface area contributed by atoms with E-state index in [1.807, 2.05) is 62.4 Å². The van der Waals surface area contributed by atoms with Crippen LogP contribution in [0, 0.1) is 25.2 Å². The summed E-state index contributed by atoms with van der Waals surface area (Å²) in [5.74, 6) is -0.258. The first-order valence-corrected chi connectivity index (χ1v) is 8.79. The van der Waals surface area contributed by atoms with Crippen molar-refractivity contribution in [3.05, 3.63) is 83.3 Å². The fourth-order valence-corrected chi connectivity index (χ4v) is 3.14. The molecule has 1 amide bonds. The van der Waals surface area contributed by atoms with Crippen LogP contribution in [0.15, 0.2) is 60.8 Å². The van der Waals surface area contributed by atoms with Crippen molar-refractivity contribution in [3.63, 3.8) is 0 Å². The minimum absolute atomic E-state index is 0.258. The van der Waals surface area contributed by atoms with Crippen LogP contribution in [0.3, 0.4) is 0 Å². The summed E-state index contributed by atoms with van der Waals surface area (Å²) in [6.07, 6.45) is 1.53. The summed E-state index contributed by atoms with van der Waals surface area (Å²) in [6, 6.07) is 19.0. The van der Waals surface area contributed by atoms with Crippen molar-refractivity contribution < 1.29 is 4.79 Å². The van der Waals surface area contributed by atoms with E-state index in [0.717, 1.165) is 22.5 Å². The zero-order chi connectivity index (χ0) is 19.7. The highest BCUT2D eigenvalue weighted by atomic mass is 16.1. The second kappa shape index (κ2) is 6.97. The van der Waals surface area contributed by atoms with E-state index >= 15 is 0 Å². The van der Waals surface area contributed by atoms with E-state index in [1.54, 1.807) is 10.6 Å². The molecule has 0 saturated heterocycles. The molecule has 0 fully saturated rings. The number of benzene rings is 2. The highest BCUT2D eigenvalue weighted by Crippen LogP contribution is 2.23. The molecule has 0 spiro atoms. The molecule has 0 bridgehead atoms. The maximum atomic E-state index is 12.7. The minimum Gasteiger partial charge on any atom is -0.322 e. The van der Waals surface area contributed by atoms with Gasteiger partial charge in [0, 0.05) is 17.1 Å². The number of fused-ring (bicyclic) bond motifs is 1. The molecule has 0 saturated carbocycles. The van der Waals surface area contributed by atoms with Gasteiger partial charge in [-0.1, -0.05) is 24.3 Å². The van der Waals surface area contributed by atoms with Crippen LogP contribution in [0.2, 0.25) is 0 Å². The average molecular weight is 367 g/mol. The number of amides is 1. The number of hydrogen-bond acceptors (Lipinski definition) is 4. The number of carbonyl (C=O) groups excluding carboxylic acids is 1. The smallest absolute Gasteiger partial charge is 0.261 e. The molecule has 4 aromatic rings. The van der Waals surface area contributed by atoms with Crippen LogP contribution in [-0.2, 0) is 0 Å². The number of rotatable bonds is 3. The molecule has 6 heteroatoms. The molecular formula is C22H17N5O. The van der Waals surface area contributed by atoms with Gasteiger partial charge in [-0.15, -0.1) is 0 Å². The lowest BCUT2D eigenvalue weighted by Gasteiger charge is -2.07. The Morgan fingerprint density at radius 2 is 1.86 bits per heavy atom. The van der Waals surface area contributed by atoms with Crippen molar-refractivity contribution in [2.45, 2.75) is 13.8 Å². The summed E-state index contributed by atoms with van der Waals surface area (Å²) in [4.78, 5) is 17.2. The Hall–Kier alpha value is -3.98.